The van der Waals surface area contributed by atoms with E-state index in [9.17, 15) is 35.2 Å². The number of methoxy groups -OCH3 is 1. The molecule has 0 saturated carbocycles. The topological polar surface area (TPSA) is 113 Å². The Morgan fingerprint density at radius 3 is 2.62 bits per heavy atom. The summed E-state index contributed by atoms with van der Waals surface area (Å²) in [7, 11) is -2.08. The largest absolute Gasteiger partial charge is 0.495 e. The SMILES string of the molecule is COc1cc(S(C)(=O)=O)ccc1NCC#Cc1cc(NC(=O)NC2CCNCC2(F)F)c2ccn(CC(F)(F)F)c2c1. The number of carbonyl (C=O) groups is 1. The first kappa shape index (κ1) is 30.9. The van der Waals surface area contributed by atoms with Crippen LogP contribution in [-0.4, -0.2) is 70.2 Å². The van der Waals surface area contributed by atoms with Crippen LogP contribution >= 0.6 is 0 Å². The summed E-state index contributed by atoms with van der Waals surface area (Å²) in [6, 6.07) is 6.19. The fraction of sp³-hybridized carbons (Fsp3) is 0.370. The number of alkyl halides is 5. The van der Waals surface area contributed by atoms with Gasteiger partial charge in [-0.2, -0.15) is 13.2 Å². The van der Waals surface area contributed by atoms with Crippen molar-refractivity contribution in [2.24, 2.45) is 0 Å². The molecular formula is C27H28F5N5O4S. The minimum Gasteiger partial charge on any atom is -0.495 e. The van der Waals surface area contributed by atoms with Crippen molar-refractivity contribution in [3.8, 4) is 17.6 Å². The number of hydrogen-bond acceptors (Lipinski definition) is 6. The third-order valence-electron chi connectivity index (χ3n) is 6.47. The minimum absolute atomic E-state index is 0.00191. The molecule has 226 valence electrons. The molecule has 0 spiro atoms. The quantitative estimate of drug-likeness (QED) is 0.235. The summed E-state index contributed by atoms with van der Waals surface area (Å²) in [5, 5.41) is 10.6. The Labute approximate surface area is 238 Å². The van der Waals surface area contributed by atoms with Gasteiger partial charge in [-0.05, 0) is 43.3 Å². The Morgan fingerprint density at radius 1 is 1.19 bits per heavy atom. The summed E-state index contributed by atoms with van der Waals surface area (Å²) in [5.74, 6) is 2.75. The number of nitrogens with one attached hydrogen (secondary N) is 4. The number of piperidine rings is 1. The molecule has 0 aliphatic carbocycles. The van der Waals surface area contributed by atoms with E-state index in [0.717, 1.165) is 10.8 Å². The number of ether oxygens (including phenoxy) is 1. The maximum Gasteiger partial charge on any atom is 0.406 e. The number of halogens is 5. The van der Waals surface area contributed by atoms with Crippen LogP contribution in [0.25, 0.3) is 10.9 Å². The molecule has 1 aromatic heterocycles. The van der Waals surface area contributed by atoms with Gasteiger partial charge in [-0.25, -0.2) is 22.0 Å². The van der Waals surface area contributed by atoms with Crippen molar-refractivity contribution in [2.45, 2.75) is 36.0 Å². The predicted molar refractivity (Wildman–Crippen MR) is 148 cm³/mol. The van der Waals surface area contributed by atoms with Crippen LogP contribution in [0.5, 0.6) is 5.75 Å². The van der Waals surface area contributed by atoms with Crippen molar-refractivity contribution in [1.82, 2.24) is 15.2 Å². The van der Waals surface area contributed by atoms with Crippen molar-refractivity contribution in [3.63, 3.8) is 0 Å². The van der Waals surface area contributed by atoms with Gasteiger partial charge in [0.15, 0.2) is 9.84 Å². The van der Waals surface area contributed by atoms with E-state index in [0.29, 0.717) is 5.69 Å². The number of sulfone groups is 1. The lowest BCUT2D eigenvalue weighted by Gasteiger charge is -2.32. The number of fused-ring (bicyclic) bond motifs is 1. The van der Waals surface area contributed by atoms with Crippen molar-refractivity contribution in [1.29, 1.82) is 0 Å². The van der Waals surface area contributed by atoms with Gasteiger partial charge in [0.05, 0.1) is 48.0 Å². The van der Waals surface area contributed by atoms with E-state index in [4.69, 9.17) is 4.74 Å². The van der Waals surface area contributed by atoms with Gasteiger partial charge < -0.3 is 30.6 Å². The zero-order chi connectivity index (χ0) is 30.7. The summed E-state index contributed by atoms with van der Waals surface area (Å²) in [6.45, 7) is -1.54. The second kappa shape index (κ2) is 12.1. The van der Waals surface area contributed by atoms with Crippen LogP contribution in [0.3, 0.4) is 0 Å². The fourth-order valence-electron chi connectivity index (χ4n) is 4.47. The van der Waals surface area contributed by atoms with Gasteiger partial charge in [-0.1, -0.05) is 11.8 Å². The minimum atomic E-state index is -4.52. The van der Waals surface area contributed by atoms with E-state index in [-0.39, 0.29) is 52.3 Å². The summed E-state index contributed by atoms with van der Waals surface area (Å²) in [4.78, 5) is 12.7. The normalized spacial score (nSPS) is 16.8. The molecule has 4 rings (SSSR count). The first-order valence-electron chi connectivity index (χ1n) is 12.6. The number of anilines is 2. The van der Waals surface area contributed by atoms with Gasteiger partial charge in [0.2, 0.25) is 0 Å². The average molecular weight is 614 g/mol. The molecule has 15 heteroatoms. The van der Waals surface area contributed by atoms with Crippen LogP contribution in [0.15, 0.2) is 47.5 Å². The highest BCUT2D eigenvalue weighted by atomic mass is 32.2. The molecule has 1 unspecified atom stereocenters. The molecule has 1 aliphatic rings. The van der Waals surface area contributed by atoms with E-state index in [2.05, 4.69) is 33.1 Å². The Balaban J connectivity index is 1.58. The van der Waals surface area contributed by atoms with E-state index in [1.807, 2.05) is 0 Å². The first-order chi connectivity index (χ1) is 19.7. The summed E-state index contributed by atoms with van der Waals surface area (Å²) in [5.41, 5.74) is 0.946. The second-order valence-electron chi connectivity index (χ2n) is 9.68. The number of urea groups is 1. The van der Waals surface area contributed by atoms with Crippen LogP contribution < -0.4 is 26.0 Å². The molecule has 0 radical (unpaired) electrons. The number of benzene rings is 2. The first-order valence-corrected chi connectivity index (χ1v) is 14.5. The molecule has 1 fully saturated rings. The maximum atomic E-state index is 14.2. The molecule has 42 heavy (non-hydrogen) atoms. The number of carbonyl (C=O) groups excluding carboxylic acids is 1. The van der Waals surface area contributed by atoms with E-state index < -0.39 is 47.1 Å². The molecule has 1 aliphatic heterocycles. The van der Waals surface area contributed by atoms with Crippen molar-refractivity contribution in [2.75, 3.05) is 43.6 Å². The Hall–Kier alpha value is -4.03. The van der Waals surface area contributed by atoms with Crippen LogP contribution in [0, 0.1) is 11.8 Å². The summed E-state index contributed by atoms with van der Waals surface area (Å²) >= 11 is 0. The fourth-order valence-corrected chi connectivity index (χ4v) is 5.10. The molecule has 2 heterocycles. The third-order valence-corrected chi connectivity index (χ3v) is 7.58. The molecule has 2 amide bonds. The van der Waals surface area contributed by atoms with Gasteiger partial charge in [-0.15, -0.1) is 0 Å². The molecule has 4 N–H and O–H groups in total. The highest BCUT2D eigenvalue weighted by molar-refractivity contribution is 7.90. The zero-order valence-electron chi connectivity index (χ0n) is 22.5. The molecule has 1 atom stereocenters. The van der Waals surface area contributed by atoms with E-state index in [1.165, 1.54) is 49.7 Å². The van der Waals surface area contributed by atoms with Crippen LogP contribution in [0.4, 0.5) is 38.1 Å². The van der Waals surface area contributed by atoms with E-state index in [1.54, 1.807) is 0 Å². The highest BCUT2D eigenvalue weighted by Crippen LogP contribution is 2.30. The van der Waals surface area contributed by atoms with Gasteiger partial charge in [-0.3, -0.25) is 0 Å². The molecule has 2 aromatic carbocycles. The predicted octanol–water partition coefficient (Wildman–Crippen LogP) is 4.20. The maximum absolute atomic E-state index is 14.2. The van der Waals surface area contributed by atoms with Gasteiger partial charge in [0.25, 0.3) is 5.92 Å². The molecule has 0 bridgehead atoms. The monoisotopic (exact) mass is 613 g/mol. The standard InChI is InChI=1S/C27H28F5N5O4S/c1-41-23-14-18(42(2,39)40)5-6-20(23)34-9-3-4-17-12-21(19-8-11-37(22(19)13-17)16-27(30,31)32)35-25(38)36-24-7-10-33-15-26(24,28)29/h5-6,8,11-14,24,33-34H,7,9-10,15-16H2,1-2H3,(H2,35,36,38). The lowest BCUT2D eigenvalue weighted by atomic mass is 10.0. The lowest BCUT2D eigenvalue weighted by Crippen LogP contribution is -2.57. The van der Waals surface area contributed by atoms with Crippen LogP contribution in [0.1, 0.15) is 12.0 Å². The average Bonchev–Trinajstić information content (AvgIpc) is 3.28. The molecule has 9 nitrogen and oxygen atoms in total. The van der Waals surface area contributed by atoms with Crippen molar-refractivity contribution >= 4 is 38.1 Å². The van der Waals surface area contributed by atoms with Crippen molar-refractivity contribution < 1.29 is 39.9 Å². The number of aromatic nitrogens is 1. The molecule has 3 aromatic rings. The van der Waals surface area contributed by atoms with Gasteiger partial charge in [0, 0.05) is 29.5 Å². The number of nitrogens with zero attached hydrogens (tertiary/aromatic N) is 1. The summed E-state index contributed by atoms with van der Waals surface area (Å²) < 4.78 is 97.8. The number of rotatable bonds is 7. The van der Waals surface area contributed by atoms with Crippen molar-refractivity contribution in [3.05, 3.63) is 48.2 Å². The van der Waals surface area contributed by atoms with Crippen LogP contribution in [0.2, 0.25) is 0 Å². The Morgan fingerprint density at radius 2 is 1.95 bits per heavy atom. The number of hydrogen-bond donors (Lipinski definition) is 4. The smallest absolute Gasteiger partial charge is 0.406 e. The van der Waals surface area contributed by atoms with Crippen LogP contribution in [-0.2, 0) is 16.4 Å². The van der Waals surface area contributed by atoms with Gasteiger partial charge >= 0.3 is 12.2 Å². The van der Waals surface area contributed by atoms with E-state index >= 15 is 0 Å². The number of amides is 2. The molecule has 1 saturated heterocycles. The molecular weight excluding hydrogens is 585 g/mol. The Kier molecular flexibility index (Phi) is 8.88. The highest BCUT2D eigenvalue weighted by Gasteiger charge is 2.42. The third kappa shape index (κ3) is 7.62. The second-order valence-corrected chi connectivity index (χ2v) is 11.7. The van der Waals surface area contributed by atoms with Gasteiger partial charge in [0.1, 0.15) is 12.3 Å². The Bertz CT molecular complexity index is 1640. The zero-order valence-corrected chi connectivity index (χ0v) is 23.3. The lowest BCUT2D eigenvalue weighted by molar-refractivity contribution is -0.139. The summed E-state index contributed by atoms with van der Waals surface area (Å²) in [6.07, 6.45) is -2.24.